The number of rotatable bonds is 9. The quantitative estimate of drug-likeness (QED) is 0.423. The Labute approximate surface area is 216 Å². The Morgan fingerprint density at radius 3 is 2.32 bits per heavy atom. The SMILES string of the molecule is COC1(C(=O)N2CC3(CC3)C[C@H]2C(=O)NC(C[C@@H]2CCNC2=O)C(=O)COC(F)(F)F)CCC(F)(F)CC1. The zero-order valence-corrected chi connectivity index (χ0v) is 21.0. The monoisotopic (exact) mass is 553 g/mol. The lowest BCUT2D eigenvalue weighted by Gasteiger charge is -2.41. The van der Waals surface area contributed by atoms with Crippen LogP contribution >= 0.6 is 0 Å². The molecule has 0 bridgehead atoms. The molecule has 2 N–H and O–H groups in total. The van der Waals surface area contributed by atoms with Crippen LogP contribution in [0.5, 0.6) is 0 Å². The van der Waals surface area contributed by atoms with Gasteiger partial charge in [-0.2, -0.15) is 0 Å². The fourth-order valence-corrected chi connectivity index (χ4v) is 5.78. The molecule has 1 spiro atoms. The highest BCUT2D eigenvalue weighted by Crippen LogP contribution is 2.55. The van der Waals surface area contributed by atoms with Crippen LogP contribution in [0.3, 0.4) is 0 Å². The summed E-state index contributed by atoms with van der Waals surface area (Å²) < 4.78 is 74.4. The van der Waals surface area contributed by atoms with E-state index in [0.717, 1.165) is 12.8 Å². The number of ether oxygens (including phenoxy) is 2. The first-order valence-electron chi connectivity index (χ1n) is 12.7. The Hall–Kier alpha value is -2.35. The van der Waals surface area contributed by atoms with Gasteiger partial charge in [0.2, 0.25) is 17.7 Å². The second-order valence-electron chi connectivity index (χ2n) is 11.0. The number of alkyl halides is 5. The number of halogens is 5. The number of hydrogen-bond donors (Lipinski definition) is 2. The van der Waals surface area contributed by atoms with Gasteiger partial charge < -0.3 is 20.3 Å². The van der Waals surface area contributed by atoms with Crippen molar-refractivity contribution in [3.05, 3.63) is 0 Å². The molecular formula is C24H32F5N3O6. The van der Waals surface area contributed by atoms with Crippen molar-refractivity contribution in [3.63, 3.8) is 0 Å². The van der Waals surface area contributed by atoms with Crippen LogP contribution in [0.15, 0.2) is 0 Å². The molecule has 2 saturated heterocycles. The molecular weight excluding hydrogens is 521 g/mol. The normalized spacial score (nSPS) is 28.2. The number of methoxy groups -OCH3 is 1. The van der Waals surface area contributed by atoms with Crippen molar-refractivity contribution in [1.82, 2.24) is 15.5 Å². The highest BCUT2D eigenvalue weighted by Gasteiger charge is 2.59. The van der Waals surface area contributed by atoms with E-state index in [1.54, 1.807) is 0 Å². The summed E-state index contributed by atoms with van der Waals surface area (Å²) in [5.74, 6) is -6.38. The van der Waals surface area contributed by atoms with E-state index in [1.807, 2.05) is 0 Å². The van der Waals surface area contributed by atoms with Crippen molar-refractivity contribution in [2.24, 2.45) is 11.3 Å². The van der Waals surface area contributed by atoms with E-state index in [4.69, 9.17) is 4.74 Å². The number of ketones is 1. The van der Waals surface area contributed by atoms with Crippen LogP contribution in [0.4, 0.5) is 22.0 Å². The molecule has 2 aliphatic carbocycles. The highest BCUT2D eigenvalue weighted by molar-refractivity contribution is 5.96. The minimum atomic E-state index is -5.06. The second kappa shape index (κ2) is 10.3. The van der Waals surface area contributed by atoms with Gasteiger partial charge in [0.1, 0.15) is 18.2 Å². The van der Waals surface area contributed by atoms with Gasteiger partial charge >= 0.3 is 6.36 Å². The molecule has 4 fully saturated rings. The van der Waals surface area contributed by atoms with E-state index in [-0.39, 0.29) is 43.6 Å². The van der Waals surface area contributed by atoms with Crippen molar-refractivity contribution in [2.45, 2.75) is 87.8 Å². The van der Waals surface area contributed by atoms with Gasteiger partial charge in [-0.25, -0.2) is 8.78 Å². The highest BCUT2D eigenvalue weighted by atomic mass is 19.4. The third kappa shape index (κ3) is 6.27. The number of hydrogen-bond acceptors (Lipinski definition) is 6. The van der Waals surface area contributed by atoms with Gasteiger partial charge in [0, 0.05) is 39.0 Å². The van der Waals surface area contributed by atoms with Gasteiger partial charge in [0.15, 0.2) is 5.78 Å². The molecule has 214 valence electrons. The zero-order valence-electron chi connectivity index (χ0n) is 21.0. The minimum Gasteiger partial charge on any atom is -0.368 e. The van der Waals surface area contributed by atoms with Gasteiger partial charge in [0.05, 0.1) is 6.04 Å². The van der Waals surface area contributed by atoms with Crippen LogP contribution in [0.2, 0.25) is 0 Å². The summed E-state index contributed by atoms with van der Waals surface area (Å²) >= 11 is 0. The molecule has 2 heterocycles. The van der Waals surface area contributed by atoms with Gasteiger partial charge in [-0.3, -0.25) is 23.9 Å². The van der Waals surface area contributed by atoms with Gasteiger partial charge in [0.25, 0.3) is 5.91 Å². The predicted octanol–water partition coefficient (Wildman–Crippen LogP) is 2.08. The Kier molecular flexibility index (Phi) is 7.78. The van der Waals surface area contributed by atoms with Gasteiger partial charge in [-0.15, -0.1) is 13.2 Å². The maximum absolute atomic E-state index is 13.8. The van der Waals surface area contributed by atoms with Crippen molar-refractivity contribution >= 4 is 23.5 Å². The molecule has 2 saturated carbocycles. The molecule has 3 atom stereocenters. The van der Waals surface area contributed by atoms with Crippen molar-refractivity contribution in [1.29, 1.82) is 0 Å². The molecule has 3 amide bonds. The first kappa shape index (κ1) is 28.7. The van der Waals surface area contributed by atoms with Gasteiger partial charge in [-0.05, 0) is 50.4 Å². The van der Waals surface area contributed by atoms with Crippen LogP contribution in [0.25, 0.3) is 0 Å². The van der Waals surface area contributed by atoms with E-state index >= 15 is 0 Å². The first-order valence-corrected chi connectivity index (χ1v) is 12.7. The van der Waals surface area contributed by atoms with Crippen molar-refractivity contribution in [3.8, 4) is 0 Å². The fraction of sp³-hybridized carbons (Fsp3) is 0.833. The standard InChI is InChI=1S/C24H32F5N3O6/c1-37-22(5-7-23(25,26)8-6-22)20(36)32-13-21(3-4-21)11-16(32)19(35)31-15(10-14-2-9-30-18(14)34)17(33)12-38-24(27,28)29/h14-16H,2-13H2,1H3,(H,30,34)(H,31,35)/t14-,15?,16-/m0/s1. The molecule has 1 unspecified atom stereocenters. The van der Waals surface area contributed by atoms with Crippen LogP contribution < -0.4 is 10.6 Å². The van der Waals surface area contributed by atoms with E-state index in [9.17, 15) is 41.1 Å². The smallest absolute Gasteiger partial charge is 0.368 e. The number of carbonyl (C=O) groups is 4. The third-order valence-corrected chi connectivity index (χ3v) is 8.36. The lowest BCUT2D eigenvalue weighted by Crippen LogP contribution is -2.58. The summed E-state index contributed by atoms with van der Waals surface area (Å²) in [6.45, 7) is -0.795. The average Bonchev–Trinajstić information content (AvgIpc) is 3.31. The first-order chi connectivity index (χ1) is 17.7. The topological polar surface area (TPSA) is 114 Å². The average molecular weight is 554 g/mol. The fourth-order valence-electron chi connectivity index (χ4n) is 5.78. The van der Waals surface area contributed by atoms with Crippen molar-refractivity contribution in [2.75, 3.05) is 26.8 Å². The summed E-state index contributed by atoms with van der Waals surface area (Å²) in [4.78, 5) is 53.1. The summed E-state index contributed by atoms with van der Waals surface area (Å²) in [6.07, 6.45) is -4.69. The molecule has 0 aromatic rings. The minimum absolute atomic E-state index is 0.215. The Balaban J connectivity index is 1.51. The molecule has 9 nitrogen and oxygen atoms in total. The summed E-state index contributed by atoms with van der Waals surface area (Å²) in [6, 6.07) is -2.51. The Bertz CT molecular complexity index is 960. The molecule has 0 aromatic heterocycles. The molecule has 4 rings (SSSR count). The summed E-state index contributed by atoms with van der Waals surface area (Å²) in [5.41, 5.74) is -1.83. The van der Waals surface area contributed by atoms with Crippen LogP contribution in [-0.2, 0) is 28.7 Å². The van der Waals surface area contributed by atoms with Crippen molar-refractivity contribution < 1.29 is 50.6 Å². The van der Waals surface area contributed by atoms with E-state index in [2.05, 4.69) is 15.4 Å². The number of nitrogens with zero attached hydrogens (tertiary/aromatic N) is 1. The number of nitrogens with one attached hydrogen (secondary N) is 2. The van der Waals surface area contributed by atoms with Crippen LogP contribution in [0, 0.1) is 11.3 Å². The van der Waals surface area contributed by atoms with E-state index < -0.39 is 72.9 Å². The number of likely N-dealkylation sites (tertiary alicyclic amines) is 1. The molecule has 0 aromatic carbocycles. The third-order valence-electron chi connectivity index (χ3n) is 8.36. The Morgan fingerprint density at radius 2 is 1.79 bits per heavy atom. The molecule has 38 heavy (non-hydrogen) atoms. The summed E-state index contributed by atoms with van der Waals surface area (Å²) in [5, 5.41) is 5.05. The molecule has 4 aliphatic rings. The number of amides is 3. The maximum Gasteiger partial charge on any atom is 0.522 e. The van der Waals surface area contributed by atoms with Crippen LogP contribution in [0.1, 0.15) is 57.8 Å². The second-order valence-corrected chi connectivity index (χ2v) is 11.0. The maximum atomic E-state index is 13.8. The lowest BCUT2D eigenvalue weighted by molar-refractivity contribution is -0.321. The number of carbonyl (C=O) groups excluding carboxylic acids is 4. The zero-order chi connectivity index (χ0) is 27.9. The van der Waals surface area contributed by atoms with E-state index in [1.165, 1.54) is 12.0 Å². The largest absolute Gasteiger partial charge is 0.522 e. The lowest BCUT2D eigenvalue weighted by atomic mass is 9.81. The summed E-state index contributed by atoms with van der Waals surface area (Å²) in [7, 11) is 1.27. The molecule has 2 aliphatic heterocycles. The van der Waals surface area contributed by atoms with Gasteiger partial charge in [-0.1, -0.05) is 0 Å². The van der Waals surface area contributed by atoms with E-state index in [0.29, 0.717) is 13.0 Å². The van der Waals surface area contributed by atoms with Crippen LogP contribution in [-0.4, -0.2) is 85.2 Å². The predicted molar refractivity (Wildman–Crippen MR) is 120 cm³/mol. The molecule has 14 heteroatoms. The Morgan fingerprint density at radius 1 is 1.13 bits per heavy atom. The molecule has 0 radical (unpaired) electrons. The number of Topliss-reactive ketones (excluding diaryl/α,β-unsaturated/α-hetero) is 1.